The van der Waals surface area contributed by atoms with Gasteiger partial charge in [-0.15, -0.1) is 0 Å². The number of piperidine rings is 1. The third-order valence-electron chi connectivity index (χ3n) is 3.89. The van der Waals surface area contributed by atoms with Crippen molar-refractivity contribution in [3.8, 4) is 0 Å². The molecule has 1 aliphatic heterocycles. The molecule has 0 aliphatic carbocycles. The normalized spacial score (nSPS) is 19.1. The van der Waals surface area contributed by atoms with Gasteiger partial charge >= 0.3 is 6.09 Å². The maximum atomic E-state index is 12.4. The monoisotopic (exact) mass is 353 g/mol. The van der Waals surface area contributed by atoms with Crippen LogP contribution < -0.4 is 0 Å². The summed E-state index contributed by atoms with van der Waals surface area (Å²) in [6, 6.07) is 9.21. The zero-order chi connectivity index (χ0) is 17.8. The number of likely N-dealkylation sites (tertiary alicyclic amines) is 1. The number of carbonyl (C=O) groups excluding carboxylic acids is 1. The van der Waals surface area contributed by atoms with Gasteiger partial charge in [-0.1, -0.05) is 30.3 Å². The fourth-order valence-electron chi connectivity index (χ4n) is 2.94. The Morgan fingerprint density at radius 1 is 1.25 bits per heavy atom. The van der Waals surface area contributed by atoms with Gasteiger partial charge in [0.05, 0.1) is 11.5 Å². The zero-order valence-electron chi connectivity index (χ0n) is 14.7. The van der Waals surface area contributed by atoms with Gasteiger partial charge in [-0.2, -0.15) is 0 Å². The second-order valence-electron chi connectivity index (χ2n) is 7.47. The maximum absolute atomic E-state index is 12.4. The molecule has 0 radical (unpaired) electrons. The van der Waals surface area contributed by atoms with Gasteiger partial charge < -0.3 is 9.64 Å². The van der Waals surface area contributed by atoms with Crippen molar-refractivity contribution in [3.05, 3.63) is 35.9 Å². The zero-order valence-corrected chi connectivity index (χ0v) is 15.5. The smallest absolute Gasteiger partial charge is 0.410 e. The fourth-order valence-corrected chi connectivity index (χ4v) is 4.75. The van der Waals surface area contributed by atoms with E-state index in [0.717, 1.165) is 18.4 Å². The number of amides is 1. The minimum absolute atomic E-state index is 0.0278. The van der Waals surface area contributed by atoms with Gasteiger partial charge in [-0.25, -0.2) is 13.2 Å². The lowest BCUT2D eigenvalue weighted by atomic mass is 10.0. The van der Waals surface area contributed by atoms with E-state index in [2.05, 4.69) is 0 Å². The lowest BCUT2D eigenvalue weighted by molar-refractivity contribution is 0.0176. The van der Waals surface area contributed by atoms with Gasteiger partial charge in [0.1, 0.15) is 5.60 Å². The van der Waals surface area contributed by atoms with Crippen molar-refractivity contribution < 1.29 is 17.9 Å². The van der Waals surface area contributed by atoms with Crippen molar-refractivity contribution in [3.63, 3.8) is 0 Å². The van der Waals surface area contributed by atoms with Crippen LogP contribution in [0.3, 0.4) is 0 Å². The minimum Gasteiger partial charge on any atom is -0.444 e. The van der Waals surface area contributed by atoms with Gasteiger partial charge in [0.25, 0.3) is 0 Å². The predicted octanol–water partition coefficient (Wildman–Crippen LogP) is 3.25. The van der Waals surface area contributed by atoms with Crippen LogP contribution in [0.1, 0.15) is 39.2 Å². The second kappa shape index (κ2) is 7.55. The highest BCUT2D eigenvalue weighted by atomic mass is 32.2. The van der Waals surface area contributed by atoms with E-state index in [0.29, 0.717) is 13.1 Å². The summed E-state index contributed by atoms with van der Waals surface area (Å²) in [6.07, 6.45) is 1.28. The molecule has 1 aliphatic rings. The number of benzene rings is 1. The summed E-state index contributed by atoms with van der Waals surface area (Å²) in [6.45, 7) is 6.57. The number of hydrogen-bond donors (Lipinski definition) is 0. The fraction of sp³-hybridized carbons (Fsp3) is 0.611. The standard InChI is InChI=1S/C18H27NO4S/c1-18(2,3)23-17(20)19-11-7-10-16(12-19)14-24(21,22)13-15-8-5-4-6-9-15/h4-6,8-9,16H,7,10-14H2,1-3H3/t16-/m0/s1. The lowest BCUT2D eigenvalue weighted by Gasteiger charge is -2.34. The molecular weight excluding hydrogens is 326 g/mol. The van der Waals surface area contributed by atoms with Crippen LogP contribution in [0.2, 0.25) is 0 Å². The van der Waals surface area contributed by atoms with Gasteiger partial charge in [0, 0.05) is 13.1 Å². The molecule has 5 nitrogen and oxygen atoms in total. The number of ether oxygens (including phenoxy) is 1. The number of rotatable bonds is 4. The average Bonchev–Trinajstić information content (AvgIpc) is 2.45. The molecule has 1 heterocycles. The van der Waals surface area contributed by atoms with Gasteiger partial charge in [0.15, 0.2) is 9.84 Å². The molecule has 1 aromatic carbocycles. The molecule has 6 heteroatoms. The van der Waals surface area contributed by atoms with E-state index in [1.54, 1.807) is 4.90 Å². The summed E-state index contributed by atoms with van der Waals surface area (Å²) >= 11 is 0. The Labute approximate surface area is 144 Å². The van der Waals surface area contributed by atoms with E-state index in [1.165, 1.54) is 0 Å². The molecule has 2 rings (SSSR count). The third kappa shape index (κ3) is 6.15. The molecule has 0 spiro atoms. The highest BCUT2D eigenvalue weighted by Gasteiger charge is 2.30. The van der Waals surface area contributed by atoms with Crippen LogP contribution in [-0.2, 0) is 20.3 Å². The second-order valence-corrected chi connectivity index (χ2v) is 9.58. The van der Waals surface area contributed by atoms with Crippen LogP contribution in [0.15, 0.2) is 30.3 Å². The molecule has 1 aromatic rings. The van der Waals surface area contributed by atoms with Crippen molar-refractivity contribution >= 4 is 15.9 Å². The Balaban J connectivity index is 1.93. The first-order chi connectivity index (χ1) is 11.1. The van der Waals surface area contributed by atoms with Crippen LogP contribution in [-0.4, -0.2) is 43.9 Å². The summed E-state index contributed by atoms with van der Waals surface area (Å²) in [7, 11) is -3.20. The maximum Gasteiger partial charge on any atom is 0.410 e. The molecule has 1 atom stereocenters. The van der Waals surface area contributed by atoms with E-state index < -0.39 is 15.4 Å². The molecule has 0 aromatic heterocycles. The van der Waals surface area contributed by atoms with Crippen LogP contribution in [0, 0.1) is 5.92 Å². The van der Waals surface area contributed by atoms with Gasteiger partial charge in [0.2, 0.25) is 0 Å². The van der Waals surface area contributed by atoms with Crippen molar-refractivity contribution in [1.29, 1.82) is 0 Å². The van der Waals surface area contributed by atoms with Crippen molar-refractivity contribution in [1.82, 2.24) is 4.90 Å². The molecule has 24 heavy (non-hydrogen) atoms. The molecule has 1 saturated heterocycles. The van der Waals surface area contributed by atoms with E-state index in [9.17, 15) is 13.2 Å². The third-order valence-corrected chi connectivity index (χ3v) is 5.64. The van der Waals surface area contributed by atoms with Crippen molar-refractivity contribution in [2.45, 2.75) is 45.0 Å². The molecule has 0 N–H and O–H groups in total. The Morgan fingerprint density at radius 3 is 2.54 bits per heavy atom. The van der Waals surface area contributed by atoms with Gasteiger partial charge in [-0.3, -0.25) is 0 Å². The molecule has 0 bridgehead atoms. The highest BCUT2D eigenvalue weighted by molar-refractivity contribution is 7.90. The first-order valence-corrected chi connectivity index (χ1v) is 10.2. The molecule has 1 fully saturated rings. The summed E-state index contributed by atoms with van der Waals surface area (Å²) in [4.78, 5) is 13.8. The van der Waals surface area contributed by atoms with E-state index >= 15 is 0 Å². The van der Waals surface area contributed by atoms with Gasteiger partial charge in [-0.05, 0) is 45.1 Å². The number of nitrogens with zero attached hydrogens (tertiary/aromatic N) is 1. The Bertz CT molecular complexity index is 649. The first kappa shape index (κ1) is 18.8. The quantitative estimate of drug-likeness (QED) is 0.833. The summed E-state index contributed by atoms with van der Waals surface area (Å²) in [5.41, 5.74) is 0.265. The molecule has 134 valence electrons. The molecule has 0 unspecified atom stereocenters. The number of sulfone groups is 1. The van der Waals surface area contributed by atoms with E-state index in [4.69, 9.17) is 4.74 Å². The summed E-state index contributed by atoms with van der Waals surface area (Å²) in [5, 5.41) is 0. The van der Waals surface area contributed by atoms with Crippen LogP contribution in [0.5, 0.6) is 0 Å². The number of hydrogen-bond acceptors (Lipinski definition) is 4. The van der Waals surface area contributed by atoms with Crippen LogP contribution in [0.25, 0.3) is 0 Å². The average molecular weight is 353 g/mol. The van der Waals surface area contributed by atoms with E-state index in [-0.39, 0.29) is 23.5 Å². The summed E-state index contributed by atoms with van der Waals surface area (Å²) < 4.78 is 30.3. The summed E-state index contributed by atoms with van der Waals surface area (Å²) in [5.74, 6) is 0.137. The first-order valence-electron chi connectivity index (χ1n) is 8.37. The molecule has 1 amide bonds. The Kier molecular flexibility index (Phi) is 5.91. The van der Waals surface area contributed by atoms with E-state index in [1.807, 2.05) is 51.1 Å². The Morgan fingerprint density at radius 2 is 1.92 bits per heavy atom. The minimum atomic E-state index is -3.20. The lowest BCUT2D eigenvalue weighted by Crippen LogP contribution is -2.44. The number of carbonyl (C=O) groups is 1. The van der Waals surface area contributed by atoms with Crippen LogP contribution in [0.4, 0.5) is 4.79 Å². The SMILES string of the molecule is CC(C)(C)OC(=O)N1CCC[C@H](CS(=O)(=O)Cc2ccccc2)C1. The van der Waals surface area contributed by atoms with Crippen molar-refractivity contribution in [2.24, 2.45) is 5.92 Å². The predicted molar refractivity (Wildman–Crippen MR) is 94.5 cm³/mol. The van der Waals surface area contributed by atoms with Crippen molar-refractivity contribution in [2.75, 3.05) is 18.8 Å². The van der Waals surface area contributed by atoms with Crippen LogP contribution >= 0.6 is 0 Å². The molecule has 0 saturated carbocycles. The topological polar surface area (TPSA) is 63.7 Å². The largest absolute Gasteiger partial charge is 0.444 e. The molecular formula is C18H27NO4S. The Hall–Kier alpha value is -1.56. The highest BCUT2D eigenvalue weighted by Crippen LogP contribution is 2.22.